The molecule has 1 rings (SSSR count). The van der Waals surface area contributed by atoms with Gasteiger partial charge in [-0.3, -0.25) is 9.79 Å². The van der Waals surface area contributed by atoms with Crippen LogP contribution < -0.4 is 0 Å². The van der Waals surface area contributed by atoms with E-state index in [1.54, 1.807) is 6.08 Å². The third-order valence-corrected chi connectivity index (χ3v) is 1.90. The van der Waals surface area contributed by atoms with Crippen molar-refractivity contribution in [2.45, 2.75) is 13.8 Å². The molecule has 1 aromatic heterocycles. The molecule has 4 heteroatoms. The number of hydrogen-bond donors (Lipinski definition) is 0. The van der Waals surface area contributed by atoms with Crippen molar-refractivity contribution in [1.82, 2.24) is 9.97 Å². The summed E-state index contributed by atoms with van der Waals surface area (Å²) in [6.07, 6.45) is 8.43. The minimum absolute atomic E-state index is 0.0582. The van der Waals surface area contributed by atoms with Gasteiger partial charge in [0.2, 0.25) is 0 Å². The summed E-state index contributed by atoms with van der Waals surface area (Å²) < 4.78 is 0. The van der Waals surface area contributed by atoms with Crippen LogP contribution in [-0.2, 0) is 0 Å². The van der Waals surface area contributed by atoms with Gasteiger partial charge in [0.1, 0.15) is 5.70 Å². The van der Waals surface area contributed by atoms with Gasteiger partial charge in [-0.05, 0) is 26.6 Å². The van der Waals surface area contributed by atoms with Crippen molar-refractivity contribution in [3.05, 3.63) is 42.0 Å². The fourth-order valence-electron chi connectivity index (χ4n) is 1.03. The van der Waals surface area contributed by atoms with Gasteiger partial charge in [-0.25, -0.2) is 9.97 Å². The highest BCUT2D eigenvalue weighted by Gasteiger charge is 2.04. The highest BCUT2D eigenvalue weighted by molar-refractivity contribution is 5.93. The summed E-state index contributed by atoms with van der Waals surface area (Å²) in [5.74, 6) is 0.398. The van der Waals surface area contributed by atoms with Gasteiger partial charge in [0.25, 0.3) is 0 Å². The molecule has 0 unspecified atom stereocenters. The van der Waals surface area contributed by atoms with Crippen LogP contribution in [0.3, 0.4) is 0 Å². The molecule has 0 radical (unpaired) electrons. The molecule has 0 aliphatic rings. The van der Waals surface area contributed by atoms with Crippen LogP contribution in [0.25, 0.3) is 5.70 Å². The molecule has 16 heavy (non-hydrogen) atoms. The topological polar surface area (TPSA) is 55.2 Å². The van der Waals surface area contributed by atoms with E-state index >= 15 is 0 Å². The zero-order chi connectivity index (χ0) is 12.0. The second kappa shape index (κ2) is 5.70. The molecule has 1 aromatic rings. The van der Waals surface area contributed by atoms with Gasteiger partial charge < -0.3 is 0 Å². The van der Waals surface area contributed by atoms with E-state index in [0.29, 0.717) is 17.1 Å². The first-order valence-electron chi connectivity index (χ1n) is 4.82. The molecular formula is C12H13N3O. The van der Waals surface area contributed by atoms with Gasteiger partial charge in [-0.15, -0.1) is 0 Å². The van der Waals surface area contributed by atoms with E-state index < -0.39 is 0 Å². The lowest BCUT2D eigenvalue weighted by molar-refractivity contribution is 0.101. The Hall–Kier alpha value is -2.10. The Balaban J connectivity index is 3.04. The van der Waals surface area contributed by atoms with Crippen LogP contribution in [0.1, 0.15) is 30.0 Å². The van der Waals surface area contributed by atoms with Crippen molar-refractivity contribution in [2.75, 3.05) is 0 Å². The standard InChI is InChI=1S/C12H13N3O/c1-4-5-6-11(13-3)12-14-7-10(8-15-12)9(2)16/h4-8H,3H2,1-2H3/b5-4-,11-6-. The zero-order valence-electron chi connectivity index (χ0n) is 9.34. The Bertz CT molecular complexity index is 444. The van der Waals surface area contributed by atoms with Crippen LogP contribution in [0.2, 0.25) is 0 Å². The minimum Gasteiger partial charge on any atom is -0.294 e. The molecule has 0 aliphatic heterocycles. The third-order valence-electron chi connectivity index (χ3n) is 1.90. The van der Waals surface area contributed by atoms with Gasteiger partial charge in [0.05, 0.1) is 5.56 Å². The lowest BCUT2D eigenvalue weighted by Gasteiger charge is -1.99. The molecule has 82 valence electrons. The Kier molecular flexibility index (Phi) is 4.27. The monoisotopic (exact) mass is 215 g/mol. The average molecular weight is 215 g/mol. The van der Waals surface area contributed by atoms with Crippen LogP contribution >= 0.6 is 0 Å². The molecule has 4 nitrogen and oxygen atoms in total. The number of allylic oxidation sites excluding steroid dienone is 3. The predicted molar refractivity (Wildman–Crippen MR) is 64.4 cm³/mol. The summed E-state index contributed by atoms with van der Waals surface area (Å²) in [5, 5.41) is 0. The first-order valence-corrected chi connectivity index (χ1v) is 4.82. The molecule has 0 fully saturated rings. The highest BCUT2D eigenvalue weighted by atomic mass is 16.1. The summed E-state index contributed by atoms with van der Waals surface area (Å²) >= 11 is 0. The first kappa shape index (κ1) is 12.0. The van der Waals surface area contributed by atoms with Crippen LogP contribution in [0.4, 0.5) is 0 Å². The second-order valence-electron chi connectivity index (χ2n) is 3.09. The van der Waals surface area contributed by atoms with Crippen molar-refractivity contribution in [3.63, 3.8) is 0 Å². The van der Waals surface area contributed by atoms with Crippen molar-refractivity contribution >= 4 is 18.2 Å². The normalized spacial score (nSPS) is 11.8. The van der Waals surface area contributed by atoms with Crippen LogP contribution in [0, 0.1) is 0 Å². The van der Waals surface area contributed by atoms with Gasteiger partial charge in [0.15, 0.2) is 11.6 Å². The Morgan fingerprint density at radius 3 is 2.50 bits per heavy atom. The smallest absolute Gasteiger partial charge is 0.178 e. The van der Waals surface area contributed by atoms with Gasteiger partial charge in [0, 0.05) is 12.4 Å². The van der Waals surface area contributed by atoms with Crippen molar-refractivity contribution in [1.29, 1.82) is 0 Å². The fourth-order valence-corrected chi connectivity index (χ4v) is 1.03. The molecular weight excluding hydrogens is 202 g/mol. The average Bonchev–Trinajstić information content (AvgIpc) is 2.30. The maximum atomic E-state index is 11.0. The van der Waals surface area contributed by atoms with E-state index in [-0.39, 0.29) is 5.78 Å². The number of carbonyl (C=O) groups excluding carboxylic acids is 1. The lowest BCUT2D eigenvalue weighted by atomic mass is 10.2. The van der Waals surface area contributed by atoms with E-state index in [1.807, 2.05) is 19.1 Å². The molecule has 0 saturated carbocycles. The molecule has 0 atom stereocenters. The van der Waals surface area contributed by atoms with Gasteiger partial charge in [-0.1, -0.05) is 12.2 Å². The summed E-state index contributed by atoms with van der Waals surface area (Å²) in [4.78, 5) is 23.0. The zero-order valence-corrected chi connectivity index (χ0v) is 9.34. The molecule has 0 aromatic carbocycles. The molecule has 0 aliphatic carbocycles. The number of rotatable bonds is 4. The third kappa shape index (κ3) is 2.95. The predicted octanol–water partition coefficient (Wildman–Crippen LogP) is 2.30. The SMILES string of the molecule is C=N/C(=C\C=C/C)c1ncc(C(C)=O)cn1. The Labute approximate surface area is 94.5 Å². The van der Waals surface area contributed by atoms with Crippen molar-refractivity contribution < 1.29 is 4.79 Å². The molecule has 1 heterocycles. The van der Waals surface area contributed by atoms with Crippen molar-refractivity contribution in [2.24, 2.45) is 4.99 Å². The largest absolute Gasteiger partial charge is 0.294 e. The van der Waals surface area contributed by atoms with Gasteiger partial charge >= 0.3 is 0 Å². The fraction of sp³-hybridized carbons (Fsp3) is 0.167. The van der Waals surface area contributed by atoms with Crippen molar-refractivity contribution in [3.8, 4) is 0 Å². The number of hydrogen-bond acceptors (Lipinski definition) is 4. The van der Waals surface area contributed by atoms with Crippen LogP contribution in [0.5, 0.6) is 0 Å². The minimum atomic E-state index is -0.0582. The number of ketones is 1. The number of carbonyl (C=O) groups is 1. The van der Waals surface area contributed by atoms with E-state index in [4.69, 9.17) is 0 Å². The number of Topliss-reactive ketones (excluding diaryl/α,β-unsaturated/α-hetero) is 1. The van der Waals surface area contributed by atoms with Crippen LogP contribution in [0.15, 0.2) is 35.6 Å². The lowest BCUT2D eigenvalue weighted by Crippen LogP contribution is -1.98. The maximum absolute atomic E-state index is 11.0. The maximum Gasteiger partial charge on any atom is 0.178 e. The molecule has 0 N–H and O–H groups in total. The molecule has 0 amide bonds. The Morgan fingerprint density at radius 1 is 1.44 bits per heavy atom. The second-order valence-corrected chi connectivity index (χ2v) is 3.09. The number of aromatic nitrogens is 2. The molecule has 0 saturated heterocycles. The number of nitrogens with zero attached hydrogens (tertiary/aromatic N) is 3. The van der Waals surface area contributed by atoms with E-state index in [2.05, 4.69) is 21.7 Å². The molecule has 0 bridgehead atoms. The van der Waals surface area contributed by atoms with E-state index in [1.165, 1.54) is 19.3 Å². The molecule has 0 spiro atoms. The Morgan fingerprint density at radius 2 is 2.06 bits per heavy atom. The van der Waals surface area contributed by atoms with Crippen LogP contribution in [-0.4, -0.2) is 22.5 Å². The summed E-state index contributed by atoms with van der Waals surface area (Å²) in [6, 6.07) is 0. The summed E-state index contributed by atoms with van der Waals surface area (Å²) in [5.41, 5.74) is 1.06. The summed E-state index contributed by atoms with van der Waals surface area (Å²) in [7, 11) is 0. The number of aliphatic imine (C=N–C) groups is 1. The van der Waals surface area contributed by atoms with E-state index in [0.717, 1.165) is 0 Å². The van der Waals surface area contributed by atoms with Gasteiger partial charge in [-0.2, -0.15) is 0 Å². The highest BCUT2D eigenvalue weighted by Crippen LogP contribution is 2.10. The van der Waals surface area contributed by atoms with E-state index in [9.17, 15) is 4.79 Å². The first-order chi connectivity index (χ1) is 7.69. The summed E-state index contributed by atoms with van der Waals surface area (Å²) in [6.45, 7) is 6.82. The quantitative estimate of drug-likeness (QED) is 0.440.